The largest absolute Gasteiger partial charge is 0.355 e. The normalized spacial score (nSPS) is 35.7. The van der Waals surface area contributed by atoms with Gasteiger partial charge in [0.25, 0.3) is 0 Å². The zero-order valence-electron chi connectivity index (χ0n) is 17.6. The maximum Gasteiger partial charge on any atom is 0.243 e. The molecule has 0 aromatic heterocycles. The molecule has 30 heavy (non-hydrogen) atoms. The summed E-state index contributed by atoms with van der Waals surface area (Å²) >= 11 is 6.14. The van der Waals surface area contributed by atoms with Gasteiger partial charge in [-0.2, -0.15) is 4.31 Å². The lowest BCUT2D eigenvalue weighted by Gasteiger charge is -2.55. The monoisotopic (exact) mass is 450 g/mol. The van der Waals surface area contributed by atoms with Gasteiger partial charge in [0.05, 0.1) is 4.90 Å². The topological polar surface area (TPSA) is 66.5 Å². The van der Waals surface area contributed by atoms with Crippen LogP contribution in [-0.4, -0.2) is 38.3 Å². The van der Waals surface area contributed by atoms with E-state index in [4.69, 9.17) is 11.6 Å². The summed E-state index contributed by atoms with van der Waals surface area (Å²) in [5.41, 5.74) is 0.453. The van der Waals surface area contributed by atoms with Crippen molar-refractivity contribution in [2.24, 2.45) is 29.1 Å². The predicted molar refractivity (Wildman–Crippen MR) is 117 cm³/mol. The molecule has 5 nitrogen and oxygen atoms in total. The van der Waals surface area contributed by atoms with Crippen molar-refractivity contribution in [2.45, 2.75) is 56.8 Å². The minimum Gasteiger partial charge on any atom is -0.355 e. The Morgan fingerprint density at radius 3 is 2.43 bits per heavy atom. The third kappa shape index (κ3) is 3.49. The van der Waals surface area contributed by atoms with Crippen LogP contribution in [0.2, 0.25) is 5.02 Å². The average Bonchev–Trinajstić information content (AvgIpc) is 3.17. The first-order valence-electron chi connectivity index (χ1n) is 11.3. The fourth-order valence-corrected chi connectivity index (χ4v) is 9.01. The van der Waals surface area contributed by atoms with E-state index in [1.807, 2.05) is 0 Å². The zero-order valence-corrected chi connectivity index (χ0v) is 19.1. The summed E-state index contributed by atoms with van der Waals surface area (Å²) in [4.78, 5) is 13.5. The lowest BCUT2D eigenvalue weighted by molar-refractivity contribution is -0.146. The second-order valence-electron chi connectivity index (χ2n) is 10.3. The summed E-state index contributed by atoms with van der Waals surface area (Å²) in [5, 5.41) is 3.70. The van der Waals surface area contributed by atoms with Crippen LogP contribution in [0.5, 0.6) is 0 Å². The highest BCUT2D eigenvalue weighted by molar-refractivity contribution is 7.89. The Balaban J connectivity index is 1.21. The smallest absolute Gasteiger partial charge is 0.243 e. The van der Waals surface area contributed by atoms with Crippen molar-refractivity contribution in [1.82, 2.24) is 9.62 Å². The van der Waals surface area contributed by atoms with Gasteiger partial charge in [0, 0.05) is 30.1 Å². The van der Waals surface area contributed by atoms with E-state index in [1.54, 1.807) is 29.4 Å². The van der Waals surface area contributed by atoms with Crippen molar-refractivity contribution in [3.63, 3.8) is 0 Å². The number of rotatable bonds is 5. The van der Waals surface area contributed by atoms with Gasteiger partial charge < -0.3 is 5.32 Å². The third-order valence-electron chi connectivity index (χ3n) is 8.16. The molecule has 5 fully saturated rings. The Labute approximate surface area is 184 Å². The molecule has 7 heteroatoms. The van der Waals surface area contributed by atoms with Gasteiger partial charge in [-0.15, -0.1) is 0 Å². The van der Waals surface area contributed by atoms with E-state index in [0.29, 0.717) is 30.2 Å². The molecule has 4 saturated carbocycles. The number of halogens is 1. The molecule has 1 heterocycles. The number of benzene rings is 1. The van der Waals surface area contributed by atoms with Gasteiger partial charge in [-0.25, -0.2) is 8.42 Å². The van der Waals surface area contributed by atoms with Gasteiger partial charge in [0.2, 0.25) is 15.9 Å². The minimum absolute atomic E-state index is 0.142. The maximum absolute atomic E-state index is 13.2. The van der Waals surface area contributed by atoms with Crippen LogP contribution in [0.4, 0.5) is 0 Å². The van der Waals surface area contributed by atoms with E-state index in [9.17, 15) is 13.2 Å². The second-order valence-corrected chi connectivity index (χ2v) is 12.6. The molecule has 4 aliphatic carbocycles. The van der Waals surface area contributed by atoms with Crippen molar-refractivity contribution >= 4 is 27.5 Å². The molecule has 164 valence electrons. The maximum atomic E-state index is 13.2. The van der Waals surface area contributed by atoms with Crippen molar-refractivity contribution in [2.75, 3.05) is 19.6 Å². The SMILES string of the molecule is Cc1c(Cl)cccc1S(=O)(=O)N1CCC(CNC(=O)C23CC4C[C@H](C2)C[C@@H](C4)C3)C1. The summed E-state index contributed by atoms with van der Waals surface area (Å²) < 4.78 is 27.7. The lowest BCUT2D eigenvalue weighted by Crippen LogP contribution is -2.54. The Hall–Kier alpha value is -1.11. The molecular weight excluding hydrogens is 420 g/mol. The molecule has 1 aromatic rings. The number of amides is 1. The van der Waals surface area contributed by atoms with E-state index in [2.05, 4.69) is 5.32 Å². The average molecular weight is 451 g/mol. The predicted octanol–water partition coefficient (Wildman–Crippen LogP) is 3.99. The fourth-order valence-electron chi connectivity index (χ4n) is 7.00. The van der Waals surface area contributed by atoms with E-state index in [-0.39, 0.29) is 22.1 Å². The van der Waals surface area contributed by atoms with Crippen LogP contribution in [0.25, 0.3) is 0 Å². The number of sulfonamides is 1. The summed E-state index contributed by atoms with van der Waals surface area (Å²) in [6.45, 7) is 3.26. The molecule has 4 bridgehead atoms. The van der Waals surface area contributed by atoms with Crippen LogP contribution < -0.4 is 5.32 Å². The van der Waals surface area contributed by atoms with E-state index >= 15 is 0 Å². The quantitative estimate of drug-likeness (QED) is 0.737. The van der Waals surface area contributed by atoms with Crippen LogP contribution in [0, 0.1) is 36.0 Å². The summed E-state index contributed by atoms with van der Waals surface area (Å²) in [7, 11) is -3.56. The van der Waals surface area contributed by atoms with Gasteiger partial charge in [-0.1, -0.05) is 17.7 Å². The highest BCUT2D eigenvalue weighted by Crippen LogP contribution is 2.60. The van der Waals surface area contributed by atoms with Crippen molar-refractivity contribution in [3.05, 3.63) is 28.8 Å². The van der Waals surface area contributed by atoms with E-state index in [1.165, 1.54) is 19.3 Å². The van der Waals surface area contributed by atoms with Crippen LogP contribution in [-0.2, 0) is 14.8 Å². The lowest BCUT2D eigenvalue weighted by atomic mass is 9.49. The Kier molecular flexibility index (Phi) is 5.19. The summed E-state index contributed by atoms with van der Waals surface area (Å²) in [6.07, 6.45) is 7.93. The minimum atomic E-state index is -3.56. The molecule has 1 unspecified atom stereocenters. The molecule has 1 aliphatic heterocycles. The highest BCUT2D eigenvalue weighted by atomic mass is 35.5. The number of nitrogens with one attached hydrogen (secondary N) is 1. The van der Waals surface area contributed by atoms with Crippen LogP contribution in [0.3, 0.4) is 0 Å². The van der Waals surface area contributed by atoms with Gasteiger partial charge in [-0.3, -0.25) is 4.79 Å². The second kappa shape index (κ2) is 7.49. The molecule has 5 aliphatic rings. The van der Waals surface area contributed by atoms with Crippen LogP contribution in [0.1, 0.15) is 50.5 Å². The molecule has 1 amide bonds. The molecule has 0 spiro atoms. The fraction of sp³-hybridized carbons (Fsp3) is 0.696. The first-order valence-corrected chi connectivity index (χ1v) is 13.1. The van der Waals surface area contributed by atoms with Gasteiger partial charge >= 0.3 is 0 Å². The molecule has 1 atom stereocenters. The first-order chi connectivity index (χ1) is 14.3. The van der Waals surface area contributed by atoms with E-state index < -0.39 is 10.0 Å². The molecular formula is C23H31ClN2O3S. The number of carbonyl (C=O) groups is 1. The standard InChI is InChI=1S/C23H31ClN2O3S/c1-15-20(24)3-2-4-21(15)30(28,29)26-6-5-16(14-26)13-25-22(27)23-10-17-7-18(11-23)9-19(8-17)12-23/h2-4,16-19H,5-14H2,1H3,(H,25,27)/t16?,17-,18+,19?,23?. The molecule has 1 saturated heterocycles. The Morgan fingerprint density at radius 1 is 1.17 bits per heavy atom. The number of carbonyl (C=O) groups excluding carboxylic acids is 1. The van der Waals surface area contributed by atoms with Gasteiger partial charge in [0.1, 0.15) is 0 Å². The van der Waals surface area contributed by atoms with Gasteiger partial charge in [-0.05, 0) is 93.2 Å². The molecule has 1 aromatic carbocycles. The molecule has 1 N–H and O–H groups in total. The number of nitrogens with zero attached hydrogens (tertiary/aromatic N) is 1. The first kappa shape index (κ1) is 20.8. The van der Waals surface area contributed by atoms with Crippen molar-refractivity contribution < 1.29 is 13.2 Å². The van der Waals surface area contributed by atoms with Crippen molar-refractivity contribution in [3.8, 4) is 0 Å². The van der Waals surface area contributed by atoms with Gasteiger partial charge in [0.15, 0.2) is 0 Å². The summed E-state index contributed by atoms with van der Waals surface area (Å²) in [6, 6.07) is 5.02. The van der Waals surface area contributed by atoms with Crippen LogP contribution in [0.15, 0.2) is 23.1 Å². The van der Waals surface area contributed by atoms with E-state index in [0.717, 1.165) is 43.4 Å². The Morgan fingerprint density at radius 2 is 1.80 bits per heavy atom. The molecule has 0 radical (unpaired) electrons. The van der Waals surface area contributed by atoms with Crippen molar-refractivity contribution in [1.29, 1.82) is 0 Å². The third-order valence-corrected chi connectivity index (χ3v) is 10.6. The number of hydrogen-bond donors (Lipinski definition) is 1. The molecule has 6 rings (SSSR count). The highest BCUT2D eigenvalue weighted by Gasteiger charge is 2.54. The van der Waals surface area contributed by atoms with Crippen LogP contribution >= 0.6 is 11.6 Å². The zero-order chi connectivity index (χ0) is 21.1. The summed E-state index contributed by atoms with van der Waals surface area (Å²) in [5.74, 6) is 2.63. The Bertz CT molecular complexity index is 926. The number of hydrogen-bond acceptors (Lipinski definition) is 3.